The Morgan fingerprint density at radius 3 is 2.83 bits per heavy atom. The van der Waals surface area contributed by atoms with Crippen molar-refractivity contribution in [3.63, 3.8) is 0 Å². The topological polar surface area (TPSA) is 50.5 Å². The molecule has 2 heterocycles. The van der Waals surface area contributed by atoms with E-state index in [2.05, 4.69) is 21.3 Å². The summed E-state index contributed by atoms with van der Waals surface area (Å²) < 4.78 is 11.6. The van der Waals surface area contributed by atoms with Crippen LogP contribution in [0, 0.1) is 0 Å². The van der Waals surface area contributed by atoms with E-state index in [9.17, 15) is 0 Å². The van der Waals surface area contributed by atoms with Gasteiger partial charge in [0, 0.05) is 35.8 Å². The molecule has 1 fully saturated rings. The average Bonchev–Trinajstić information content (AvgIpc) is 3.17. The minimum absolute atomic E-state index is 0. The molecule has 8 heteroatoms. The first kappa shape index (κ1) is 23.5. The summed E-state index contributed by atoms with van der Waals surface area (Å²) in [6, 6.07) is 16.0. The van der Waals surface area contributed by atoms with Crippen molar-refractivity contribution in [3.05, 3.63) is 71.2 Å². The van der Waals surface area contributed by atoms with Gasteiger partial charge in [0.15, 0.2) is 5.76 Å². The van der Waals surface area contributed by atoms with Gasteiger partial charge in [0.05, 0.1) is 25.9 Å². The van der Waals surface area contributed by atoms with E-state index in [1.807, 2.05) is 42.5 Å². The van der Waals surface area contributed by atoms with Crippen molar-refractivity contribution in [1.82, 2.24) is 15.2 Å². The molecule has 0 amide bonds. The fourth-order valence-electron chi connectivity index (χ4n) is 3.52. The average molecular weight is 457 g/mol. The number of rotatable bonds is 5. The van der Waals surface area contributed by atoms with Gasteiger partial charge in [0.1, 0.15) is 5.75 Å². The zero-order chi connectivity index (χ0) is 18.6. The van der Waals surface area contributed by atoms with Crippen molar-refractivity contribution in [1.29, 1.82) is 0 Å². The van der Waals surface area contributed by atoms with Gasteiger partial charge in [-0.05, 0) is 18.2 Å². The van der Waals surface area contributed by atoms with Gasteiger partial charge < -0.3 is 14.5 Å². The van der Waals surface area contributed by atoms with E-state index < -0.39 is 0 Å². The first-order valence-corrected chi connectivity index (χ1v) is 9.41. The number of oxazole rings is 1. The van der Waals surface area contributed by atoms with Crippen LogP contribution in [0.3, 0.4) is 0 Å². The summed E-state index contributed by atoms with van der Waals surface area (Å²) >= 11 is 6.08. The highest BCUT2D eigenvalue weighted by Crippen LogP contribution is 2.31. The fourth-order valence-corrected chi connectivity index (χ4v) is 3.71. The molecule has 0 aliphatic carbocycles. The Morgan fingerprint density at radius 2 is 2.03 bits per heavy atom. The standard InChI is InChI=1S/C21H22ClN3O2.2ClH/c1-26-19-8-3-2-7-17(19)18-12-23-9-10-25(18)14-21-24-13-20(27-21)15-5-4-6-16(22)11-15;;/h2-8,11,13,18,23H,9-10,12,14H2,1H3;2*1H. The van der Waals surface area contributed by atoms with E-state index in [-0.39, 0.29) is 30.9 Å². The van der Waals surface area contributed by atoms with Gasteiger partial charge in [-0.15, -0.1) is 24.8 Å². The highest BCUT2D eigenvalue weighted by molar-refractivity contribution is 6.30. The Kier molecular flexibility index (Phi) is 8.80. The summed E-state index contributed by atoms with van der Waals surface area (Å²) in [6.45, 7) is 3.36. The maximum Gasteiger partial charge on any atom is 0.209 e. The number of benzene rings is 2. The molecule has 5 nitrogen and oxygen atoms in total. The van der Waals surface area contributed by atoms with Gasteiger partial charge in [-0.1, -0.05) is 41.9 Å². The number of nitrogens with zero attached hydrogens (tertiary/aromatic N) is 2. The lowest BCUT2D eigenvalue weighted by Crippen LogP contribution is -2.45. The second kappa shape index (κ2) is 10.9. The van der Waals surface area contributed by atoms with Gasteiger partial charge >= 0.3 is 0 Å². The molecule has 1 aromatic heterocycles. The summed E-state index contributed by atoms with van der Waals surface area (Å²) in [7, 11) is 1.71. The van der Waals surface area contributed by atoms with Crippen LogP contribution < -0.4 is 10.1 Å². The minimum atomic E-state index is 0. The smallest absolute Gasteiger partial charge is 0.209 e. The molecule has 1 aliphatic rings. The summed E-state index contributed by atoms with van der Waals surface area (Å²) in [6.07, 6.45) is 1.77. The molecule has 0 radical (unpaired) electrons. The molecule has 1 aliphatic heterocycles. The summed E-state index contributed by atoms with van der Waals surface area (Å²) in [5.74, 6) is 2.34. The van der Waals surface area contributed by atoms with Crippen LogP contribution >= 0.6 is 36.4 Å². The van der Waals surface area contributed by atoms with Crippen molar-refractivity contribution < 1.29 is 9.15 Å². The molecule has 1 unspecified atom stereocenters. The van der Waals surface area contributed by atoms with Crippen LogP contribution in [0.4, 0.5) is 0 Å². The van der Waals surface area contributed by atoms with Crippen LogP contribution in [0.25, 0.3) is 11.3 Å². The van der Waals surface area contributed by atoms with Gasteiger partial charge in [0.2, 0.25) is 5.89 Å². The highest BCUT2D eigenvalue weighted by Gasteiger charge is 2.27. The van der Waals surface area contributed by atoms with Crippen molar-refractivity contribution >= 4 is 36.4 Å². The monoisotopic (exact) mass is 455 g/mol. The van der Waals surface area contributed by atoms with E-state index in [1.165, 1.54) is 5.56 Å². The number of nitrogens with one attached hydrogen (secondary N) is 1. The molecule has 4 rings (SSSR count). The Balaban J connectivity index is 0.00000150. The van der Waals surface area contributed by atoms with Gasteiger partial charge in [-0.25, -0.2) is 4.98 Å². The molecule has 3 aromatic rings. The van der Waals surface area contributed by atoms with Crippen molar-refractivity contribution in [2.75, 3.05) is 26.7 Å². The van der Waals surface area contributed by atoms with Crippen LogP contribution in [-0.4, -0.2) is 36.6 Å². The number of methoxy groups -OCH3 is 1. The summed E-state index contributed by atoms with van der Waals surface area (Å²) in [5, 5.41) is 4.16. The molecule has 29 heavy (non-hydrogen) atoms. The Morgan fingerprint density at radius 1 is 1.21 bits per heavy atom. The van der Waals surface area contributed by atoms with Crippen molar-refractivity contribution in [2.24, 2.45) is 0 Å². The minimum Gasteiger partial charge on any atom is -0.496 e. The maximum absolute atomic E-state index is 6.08. The molecule has 1 saturated heterocycles. The van der Waals surface area contributed by atoms with Crippen LogP contribution in [0.2, 0.25) is 5.02 Å². The largest absolute Gasteiger partial charge is 0.496 e. The summed E-state index contributed by atoms with van der Waals surface area (Å²) in [5.41, 5.74) is 2.11. The Labute approximate surface area is 188 Å². The number of para-hydroxylation sites is 1. The number of piperazine rings is 1. The number of hydrogen-bond donors (Lipinski definition) is 1. The number of hydrogen-bond acceptors (Lipinski definition) is 5. The highest BCUT2D eigenvalue weighted by atomic mass is 35.5. The lowest BCUT2D eigenvalue weighted by atomic mass is 10.0. The number of halogens is 3. The van der Waals surface area contributed by atoms with E-state index >= 15 is 0 Å². The predicted molar refractivity (Wildman–Crippen MR) is 120 cm³/mol. The summed E-state index contributed by atoms with van der Waals surface area (Å²) in [4.78, 5) is 6.86. The lowest BCUT2D eigenvalue weighted by Gasteiger charge is -2.36. The third-order valence-electron chi connectivity index (χ3n) is 4.85. The second-order valence-electron chi connectivity index (χ2n) is 6.56. The van der Waals surface area contributed by atoms with E-state index in [0.29, 0.717) is 17.5 Å². The first-order chi connectivity index (χ1) is 13.2. The molecule has 1 N–H and O–H groups in total. The van der Waals surface area contributed by atoms with Crippen LogP contribution in [-0.2, 0) is 6.54 Å². The fraction of sp³-hybridized carbons (Fsp3) is 0.286. The van der Waals surface area contributed by atoms with Gasteiger partial charge in [-0.2, -0.15) is 0 Å². The molecule has 156 valence electrons. The zero-order valence-corrected chi connectivity index (χ0v) is 18.4. The van der Waals surface area contributed by atoms with Gasteiger partial charge in [-0.3, -0.25) is 4.90 Å². The molecule has 0 bridgehead atoms. The van der Waals surface area contributed by atoms with Crippen LogP contribution in [0.5, 0.6) is 5.75 Å². The lowest BCUT2D eigenvalue weighted by molar-refractivity contribution is 0.138. The third-order valence-corrected chi connectivity index (χ3v) is 5.09. The number of ether oxygens (including phenoxy) is 1. The molecular formula is C21H24Cl3N3O2. The third kappa shape index (κ3) is 5.44. The predicted octanol–water partition coefficient (Wildman–Crippen LogP) is 4.99. The SMILES string of the molecule is COc1ccccc1C1CNCCN1Cc1ncc(-c2cccc(Cl)c2)o1.Cl.Cl. The van der Waals surface area contributed by atoms with E-state index in [0.717, 1.165) is 36.7 Å². The van der Waals surface area contributed by atoms with Crippen molar-refractivity contribution in [3.8, 4) is 17.1 Å². The number of aromatic nitrogens is 1. The molecule has 2 aromatic carbocycles. The van der Waals surface area contributed by atoms with E-state index in [1.54, 1.807) is 13.3 Å². The second-order valence-corrected chi connectivity index (χ2v) is 7.00. The molecular weight excluding hydrogens is 433 g/mol. The normalized spacial score (nSPS) is 16.6. The maximum atomic E-state index is 6.08. The quantitative estimate of drug-likeness (QED) is 0.586. The Hall–Kier alpha value is -1.76. The van der Waals surface area contributed by atoms with Crippen LogP contribution in [0.15, 0.2) is 59.1 Å². The molecule has 0 saturated carbocycles. The Bertz CT molecular complexity index is 919. The zero-order valence-electron chi connectivity index (χ0n) is 16.0. The first-order valence-electron chi connectivity index (χ1n) is 9.03. The van der Waals surface area contributed by atoms with Crippen molar-refractivity contribution in [2.45, 2.75) is 12.6 Å². The molecule has 0 spiro atoms. The molecule has 1 atom stereocenters. The van der Waals surface area contributed by atoms with E-state index in [4.69, 9.17) is 20.8 Å². The van der Waals surface area contributed by atoms with Gasteiger partial charge in [0.25, 0.3) is 0 Å². The van der Waals surface area contributed by atoms with Crippen LogP contribution in [0.1, 0.15) is 17.5 Å².